The Hall–Kier alpha value is -3.67. The van der Waals surface area contributed by atoms with Crippen molar-refractivity contribution < 1.29 is 47.7 Å². The normalized spacial score (nSPS) is 23.7. The molecular formula is C22H28N2O10. The SMILES string of the molecule is CC(=O)Nc1ccccc1O[C@@H]1O[C@@H](COC(C)=O)[C@@H](OC(C)=O)[C@@H](OC(C)=O)[C@H]1NC(C)=O. The predicted molar refractivity (Wildman–Crippen MR) is 115 cm³/mol. The van der Waals surface area contributed by atoms with Crippen molar-refractivity contribution in [3.8, 4) is 5.75 Å². The van der Waals surface area contributed by atoms with Crippen molar-refractivity contribution in [1.29, 1.82) is 0 Å². The maximum atomic E-state index is 12.0. The highest BCUT2D eigenvalue weighted by Crippen LogP contribution is 2.32. The average Bonchev–Trinajstić information content (AvgIpc) is 2.71. The number of carbonyl (C=O) groups is 5. The van der Waals surface area contributed by atoms with Crippen molar-refractivity contribution in [3.05, 3.63) is 24.3 Å². The Bertz CT molecular complexity index is 934. The van der Waals surface area contributed by atoms with Gasteiger partial charge in [0.05, 0.1) is 5.69 Å². The van der Waals surface area contributed by atoms with Gasteiger partial charge in [0.2, 0.25) is 18.1 Å². The molecule has 0 radical (unpaired) electrons. The third kappa shape index (κ3) is 7.73. The third-order valence-electron chi connectivity index (χ3n) is 4.51. The third-order valence-corrected chi connectivity index (χ3v) is 4.51. The molecule has 0 unspecified atom stereocenters. The summed E-state index contributed by atoms with van der Waals surface area (Å²) in [5.41, 5.74) is 0.322. The van der Waals surface area contributed by atoms with Crippen LogP contribution in [-0.4, -0.2) is 67.0 Å². The fourth-order valence-electron chi connectivity index (χ4n) is 3.38. The van der Waals surface area contributed by atoms with Crippen molar-refractivity contribution in [2.75, 3.05) is 11.9 Å². The first-order chi connectivity index (χ1) is 16.0. The number of anilines is 1. The molecule has 12 nitrogen and oxygen atoms in total. The fourth-order valence-corrected chi connectivity index (χ4v) is 3.38. The van der Waals surface area contributed by atoms with Gasteiger partial charge in [-0.3, -0.25) is 24.0 Å². The Morgan fingerprint density at radius 3 is 2.03 bits per heavy atom. The minimum absolute atomic E-state index is 0.191. The average molecular weight is 480 g/mol. The summed E-state index contributed by atoms with van der Waals surface area (Å²) in [7, 11) is 0. The van der Waals surface area contributed by atoms with Crippen LogP contribution in [0, 0.1) is 0 Å². The van der Waals surface area contributed by atoms with Gasteiger partial charge < -0.3 is 34.3 Å². The molecule has 186 valence electrons. The van der Waals surface area contributed by atoms with Crippen molar-refractivity contribution in [2.45, 2.75) is 65.3 Å². The van der Waals surface area contributed by atoms with Gasteiger partial charge in [-0.2, -0.15) is 0 Å². The molecule has 1 aliphatic rings. The molecule has 2 N–H and O–H groups in total. The van der Waals surface area contributed by atoms with Gasteiger partial charge in [-0.1, -0.05) is 12.1 Å². The van der Waals surface area contributed by atoms with E-state index in [1.807, 2.05) is 0 Å². The van der Waals surface area contributed by atoms with Crippen molar-refractivity contribution in [3.63, 3.8) is 0 Å². The van der Waals surface area contributed by atoms with Crippen LogP contribution in [0.1, 0.15) is 34.6 Å². The van der Waals surface area contributed by atoms with Crippen LogP contribution in [-0.2, 0) is 42.9 Å². The van der Waals surface area contributed by atoms with E-state index in [1.54, 1.807) is 24.3 Å². The van der Waals surface area contributed by atoms with E-state index in [9.17, 15) is 24.0 Å². The molecule has 0 aromatic heterocycles. The topological polar surface area (TPSA) is 156 Å². The highest BCUT2D eigenvalue weighted by Gasteiger charge is 2.52. The van der Waals surface area contributed by atoms with Crippen LogP contribution >= 0.6 is 0 Å². The molecule has 5 atom stereocenters. The molecule has 1 aliphatic heterocycles. The van der Waals surface area contributed by atoms with Crippen LogP contribution in [0.4, 0.5) is 5.69 Å². The Kier molecular flexibility index (Phi) is 9.36. The van der Waals surface area contributed by atoms with Gasteiger partial charge in [0.15, 0.2) is 12.2 Å². The number of ether oxygens (including phenoxy) is 5. The summed E-state index contributed by atoms with van der Waals surface area (Å²) >= 11 is 0. The second-order valence-corrected chi connectivity index (χ2v) is 7.52. The standard InChI is InChI=1S/C22H28N2O10/c1-11(25)23-16-8-6-7-9-17(16)33-22-19(24-12(2)26)21(32-15(5)29)20(31-14(4)28)18(34-22)10-30-13(3)27/h6-9,18-22H,10H2,1-5H3,(H,23,25)(H,24,26)/t18-,19+,20+,21-,22+/m0/s1. The molecule has 34 heavy (non-hydrogen) atoms. The second kappa shape index (κ2) is 12.0. The molecule has 0 aliphatic carbocycles. The van der Waals surface area contributed by atoms with E-state index in [1.165, 1.54) is 20.8 Å². The summed E-state index contributed by atoms with van der Waals surface area (Å²) in [6.07, 6.45) is -4.89. The Morgan fingerprint density at radius 2 is 1.47 bits per heavy atom. The first kappa shape index (κ1) is 26.6. The zero-order valence-electron chi connectivity index (χ0n) is 19.5. The van der Waals surface area contributed by atoms with Crippen LogP contribution in [0.25, 0.3) is 0 Å². The minimum atomic E-state index is -1.30. The maximum Gasteiger partial charge on any atom is 0.303 e. The Labute approximate surface area is 196 Å². The fraction of sp³-hybridized carbons (Fsp3) is 0.500. The van der Waals surface area contributed by atoms with E-state index in [0.717, 1.165) is 13.8 Å². The summed E-state index contributed by atoms with van der Waals surface area (Å²) in [4.78, 5) is 58.7. The largest absolute Gasteiger partial charge is 0.463 e. The van der Waals surface area contributed by atoms with E-state index in [-0.39, 0.29) is 18.3 Å². The zero-order valence-corrected chi connectivity index (χ0v) is 19.5. The minimum Gasteiger partial charge on any atom is -0.463 e. The summed E-state index contributed by atoms with van der Waals surface area (Å²) < 4.78 is 27.7. The number of esters is 3. The molecular weight excluding hydrogens is 452 g/mol. The lowest BCUT2D eigenvalue weighted by atomic mass is 9.96. The monoisotopic (exact) mass is 480 g/mol. The molecule has 1 fully saturated rings. The van der Waals surface area contributed by atoms with Gasteiger partial charge in [-0.05, 0) is 12.1 Å². The molecule has 1 saturated heterocycles. The number of nitrogens with one attached hydrogen (secondary N) is 2. The first-order valence-corrected chi connectivity index (χ1v) is 10.4. The van der Waals surface area contributed by atoms with E-state index in [2.05, 4.69) is 10.6 Å². The lowest BCUT2D eigenvalue weighted by molar-refractivity contribution is -0.257. The number of rotatable bonds is 8. The van der Waals surface area contributed by atoms with Gasteiger partial charge in [-0.15, -0.1) is 0 Å². The highest BCUT2D eigenvalue weighted by molar-refractivity contribution is 5.90. The summed E-state index contributed by atoms with van der Waals surface area (Å²) in [5, 5.41) is 5.22. The lowest BCUT2D eigenvalue weighted by Crippen LogP contribution is -2.67. The van der Waals surface area contributed by atoms with Crippen LogP contribution in [0.2, 0.25) is 0 Å². The van der Waals surface area contributed by atoms with Crippen molar-refractivity contribution >= 4 is 35.4 Å². The Morgan fingerprint density at radius 1 is 0.853 bits per heavy atom. The summed E-state index contributed by atoms with van der Waals surface area (Å²) in [5.74, 6) is -2.71. The smallest absolute Gasteiger partial charge is 0.303 e. The van der Waals surface area contributed by atoms with E-state index >= 15 is 0 Å². The number of amides is 2. The molecule has 0 saturated carbocycles. The second-order valence-electron chi connectivity index (χ2n) is 7.52. The lowest BCUT2D eigenvalue weighted by Gasteiger charge is -2.44. The van der Waals surface area contributed by atoms with Crippen LogP contribution in [0.15, 0.2) is 24.3 Å². The first-order valence-electron chi connectivity index (χ1n) is 10.4. The summed E-state index contributed by atoms with van der Waals surface area (Å²) in [6, 6.07) is 5.34. The molecule has 0 spiro atoms. The number of carbonyl (C=O) groups excluding carboxylic acids is 5. The Balaban J connectivity index is 2.50. The van der Waals surface area contributed by atoms with E-state index in [0.29, 0.717) is 5.69 Å². The molecule has 1 aromatic rings. The van der Waals surface area contributed by atoms with Crippen molar-refractivity contribution in [2.24, 2.45) is 0 Å². The highest BCUT2D eigenvalue weighted by atomic mass is 16.7. The number of hydrogen-bond donors (Lipinski definition) is 2. The maximum absolute atomic E-state index is 12.0. The molecule has 1 aromatic carbocycles. The number of hydrogen-bond acceptors (Lipinski definition) is 10. The molecule has 12 heteroatoms. The van der Waals surface area contributed by atoms with Crippen LogP contribution in [0.3, 0.4) is 0 Å². The van der Waals surface area contributed by atoms with Crippen LogP contribution < -0.4 is 15.4 Å². The van der Waals surface area contributed by atoms with Crippen molar-refractivity contribution in [1.82, 2.24) is 5.32 Å². The van der Waals surface area contributed by atoms with E-state index in [4.69, 9.17) is 23.7 Å². The predicted octanol–water partition coefficient (Wildman–Crippen LogP) is 0.680. The van der Waals surface area contributed by atoms with Crippen LogP contribution in [0.5, 0.6) is 5.75 Å². The number of para-hydroxylation sites is 2. The van der Waals surface area contributed by atoms with Gasteiger partial charge >= 0.3 is 17.9 Å². The zero-order chi connectivity index (χ0) is 25.4. The van der Waals surface area contributed by atoms with Gasteiger partial charge in [0.25, 0.3) is 0 Å². The molecule has 2 rings (SSSR count). The van der Waals surface area contributed by atoms with Gasteiger partial charge in [0, 0.05) is 34.6 Å². The summed E-state index contributed by atoms with van der Waals surface area (Å²) in [6.45, 7) is 5.68. The molecule has 1 heterocycles. The van der Waals surface area contributed by atoms with Gasteiger partial charge in [-0.25, -0.2) is 0 Å². The quantitative estimate of drug-likeness (QED) is 0.401. The molecule has 2 amide bonds. The van der Waals surface area contributed by atoms with E-state index < -0.39 is 54.5 Å². The van der Waals surface area contributed by atoms with Gasteiger partial charge in [0.1, 0.15) is 24.5 Å². The number of benzene rings is 1. The molecule has 0 bridgehead atoms.